The number of esters is 1. The predicted molar refractivity (Wildman–Crippen MR) is 193 cm³/mol. The quantitative estimate of drug-likeness (QED) is 0.139. The van der Waals surface area contributed by atoms with E-state index in [1.165, 1.54) is 10.9 Å². The van der Waals surface area contributed by atoms with Gasteiger partial charge in [-0.3, -0.25) is 4.79 Å². The molecule has 3 heterocycles. The molecular formula is C37H45F3N8O6. The van der Waals surface area contributed by atoms with Crippen molar-refractivity contribution in [1.82, 2.24) is 29.7 Å². The maximum absolute atomic E-state index is 13.4. The van der Waals surface area contributed by atoms with Gasteiger partial charge < -0.3 is 44.7 Å². The number of hydrogen-bond donors (Lipinski definition) is 4. The average Bonchev–Trinajstić information content (AvgIpc) is 3.89. The van der Waals surface area contributed by atoms with Gasteiger partial charge in [-0.05, 0) is 56.6 Å². The van der Waals surface area contributed by atoms with E-state index in [0.717, 1.165) is 17.5 Å². The predicted octanol–water partition coefficient (Wildman–Crippen LogP) is 3.24. The third-order valence-electron chi connectivity index (χ3n) is 9.92. The van der Waals surface area contributed by atoms with Gasteiger partial charge in [0.05, 0.1) is 31.1 Å². The number of aromatic nitrogens is 4. The summed E-state index contributed by atoms with van der Waals surface area (Å²) < 4.78 is 52.5. The Kier molecular flexibility index (Phi) is 11.9. The summed E-state index contributed by atoms with van der Waals surface area (Å²) in [7, 11) is 3.96. The lowest BCUT2D eigenvalue weighted by Crippen LogP contribution is -2.45. The van der Waals surface area contributed by atoms with Crippen molar-refractivity contribution in [3.8, 4) is 5.75 Å². The molecular weight excluding hydrogens is 709 g/mol. The number of carbonyl (C=O) groups excluding carboxylic acids is 2. The Morgan fingerprint density at radius 3 is 2.46 bits per heavy atom. The fourth-order valence-electron chi connectivity index (χ4n) is 6.89. The zero-order chi connectivity index (χ0) is 38.6. The van der Waals surface area contributed by atoms with E-state index in [4.69, 9.17) is 19.4 Å². The number of amides is 1. The number of likely N-dealkylation sites (N-methyl/N-ethyl adjacent to an activating group) is 1. The minimum absolute atomic E-state index is 0.0719. The zero-order valence-corrected chi connectivity index (χ0v) is 30.2. The smallest absolute Gasteiger partial charge is 0.489 e. The highest BCUT2D eigenvalue weighted by molar-refractivity contribution is 5.85. The van der Waals surface area contributed by atoms with E-state index in [1.54, 1.807) is 6.92 Å². The van der Waals surface area contributed by atoms with Crippen molar-refractivity contribution < 1.29 is 42.4 Å². The molecule has 2 aliphatic rings. The summed E-state index contributed by atoms with van der Waals surface area (Å²) in [6.07, 6.45) is -6.08. The lowest BCUT2D eigenvalue weighted by Gasteiger charge is -2.25. The van der Waals surface area contributed by atoms with Crippen molar-refractivity contribution >= 4 is 34.8 Å². The standard InChI is InChI=1S/C37H45F3N8O6/c1-4-29(50)43-27-17-28(32(31(27)51)54-35(52)37(38,39)40)48-21-41-30-33(44-36(45-34(30)48)47-15-14-25(18-47)46(2)3)42-24(19-49)16-22-10-12-26(13-11-22)53-20-23-8-6-5-7-9-23/h5-13,21,24-25,27-28,31-32,49,51H,4,14-20H2,1-3H3,(H,43,50)(H,42,44,45)/t24-,25+,27-,28+,31+,32-/m0/s1. The molecule has 14 nitrogen and oxygen atoms in total. The molecule has 0 radical (unpaired) electrons. The van der Waals surface area contributed by atoms with Gasteiger partial charge in [-0.2, -0.15) is 23.1 Å². The van der Waals surface area contributed by atoms with Crippen LogP contribution in [0.2, 0.25) is 0 Å². The summed E-state index contributed by atoms with van der Waals surface area (Å²) in [6, 6.07) is 14.9. The summed E-state index contributed by atoms with van der Waals surface area (Å²) in [5.41, 5.74) is 2.41. The summed E-state index contributed by atoms with van der Waals surface area (Å²) in [6.45, 7) is 2.98. The minimum Gasteiger partial charge on any atom is -0.489 e. The van der Waals surface area contributed by atoms with Crippen molar-refractivity contribution in [3.63, 3.8) is 0 Å². The summed E-state index contributed by atoms with van der Waals surface area (Å²) >= 11 is 0. The van der Waals surface area contributed by atoms with Crippen LogP contribution in [0.15, 0.2) is 60.9 Å². The molecule has 6 rings (SSSR count). The Bertz CT molecular complexity index is 1890. The maximum Gasteiger partial charge on any atom is 0.490 e. The number of benzene rings is 2. The molecule has 290 valence electrons. The van der Waals surface area contributed by atoms with Crippen molar-refractivity contribution in [2.75, 3.05) is 44.0 Å². The second-order valence-corrected chi connectivity index (χ2v) is 13.9. The van der Waals surface area contributed by atoms with Crippen LogP contribution in [0.25, 0.3) is 11.2 Å². The van der Waals surface area contributed by atoms with Gasteiger partial charge in [0.2, 0.25) is 11.9 Å². The number of halogens is 3. The molecule has 6 atom stereocenters. The van der Waals surface area contributed by atoms with E-state index in [1.807, 2.05) is 73.6 Å². The summed E-state index contributed by atoms with van der Waals surface area (Å²) in [5, 5.41) is 27.6. The largest absolute Gasteiger partial charge is 0.490 e. The number of ether oxygens (including phenoxy) is 2. The first kappa shape index (κ1) is 38.7. The molecule has 0 unspecified atom stereocenters. The van der Waals surface area contributed by atoms with E-state index in [2.05, 4.69) is 20.5 Å². The topological polar surface area (TPSA) is 167 Å². The average molecular weight is 755 g/mol. The molecule has 2 fully saturated rings. The van der Waals surface area contributed by atoms with Crippen LogP contribution >= 0.6 is 0 Å². The number of anilines is 2. The molecule has 54 heavy (non-hydrogen) atoms. The van der Waals surface area contributed by atoms with Crippen molar-refractivity contribution in [1.29, 1.82) is 0 Å². The normalized spacial score (nSPS) is 22.1. The molecule has 2 aromatic carbocycles. The molecule has 0 bridgehead atoms. The lowest BCUT2D eigenvalue weighted by molar-refractivity contribution is -0.209. The number of rotatable bonds is 14. The van der Waals surface area contributed by atoms with Crippen LogP contribution in [0.4, 0.5) is 24.9 Å². The van der Waals surface area contributed by atoms with E-state index in [9.17, 15) is 33.0 Å². The van der Waals surface area contributed by atoms with Gasteiger partial charge in [0.1, 0.15) is 18.5 Å². The van der Waals surface area contributed by atoms with E-state index in [-0.39, 0.29) is 42.5 Å². The first-order valence-electron chi connectivity index (χ1n) is 17.9. The second kappa shape index (κ2) is 16.6. The summed E-state index contributed by atoms with van der Waals surface area (Å²) in [4.78, 5) is 42.6. The van der Waals surface area contributed by atoms with Gasteiger partial charge in [-0.1, -0.05) is 49.4 Å². The van der Waals surface area contributed by atoms with Gasteiger partial charge >= 0.3 is 12.1 Å². The van der Waals surface area contributed by atoms with Gasteiger partial charge in [-0.15, -0.1) is 0 Å². The number of hydrogen-bond acceptors (Lipinski definition) is 12. The number of nitrogens with one attached hydrogen (secondary N) is 2. The SMILES string of the molecule is CCC(=O)N[C@H]1C[C@@H](n2cnc3c(N[C@H](CO)Cc4ccc(OCc5ccccc5)cc4)nc(N4CC[C@@H](N(C)C)C4)nc32)[C@H](OC(=O)C(F)(F)F)[C@@H]1O. The molecule has 1 aliphatic heterocycles. The molecule has 1 amide bonds. The number of fused-ring (bicyclic) bond motifs is 1. The van der Waals surface area contributed by atoms with Crippen LogP contribution in [0.1, 0.15) is 43.4 Å². The highest BCUT2D eigenvalue weighted by Gasteiger charge is 2.51. The van der Waals surface area contributed by atoms with E-state index < -0.39 is 48.4 Å². The maximum atomic E-state index is 13.4. The van der Waals surface area contributed by atoms with Gasteiger partial charge in [-0.25, -0.2) is 9.78 Å². The number of aliphatic hydroxyl groups is 2. The molecule has 17 heteroatoms. The monoisotopic (exact) mass is 754 g/mol. The number of carbonyl (C=O) groups is 2. The molecule has 2 aromatic heterocycles. The highest BCUT2D eigenvalue weighted by Crippen LogP contribution is 2.38. The fraction of sp³-hybridized carbons (Fsp3) is 0.486. The highest BCUT2D eigenvalue weighted by atomic mass is 19.4. The number of aliphatic hydroxyl groups excluding tert-OH is 2. The van der Waals surface area contributed by atoms with Gasteiger partial charge in [0.25, 0.3) is 0 Å². The molecule has 1 aliphatic carbocycles. The Labute approximate surface area is 310 Å². The molecule has 0 spiro atoms. The van der Waals surface area contributed by atoms with Crippen molar-refractivity contribution in [2.24, 2.45) is 0 Å². The van der Waals surface area contributed by atoms with Crippen LogP contribution in [-0.2, 0) is 27.4 Å². The van der Waals surface area contributed by atoms with Crippen LogP contribution in [0.3, 0.4) is 0 Å². The van der Waals surface area contributed by atoms with Crippen LogP contribution in [0, 0.1) is 0 Å². The van der Waals surface area contributed by atoms with Crippen molar-refractivity contribution in [3.05, 3.63) is 72.1 Å². The third kappa shape index (κ3) is 8.85. The van der Waals surface area contributed by atoms with Crippen LogP contribution < -0.4 is 20.3 Å². The lowest BCUT2D eigenvalue weighted by atomic mass is 10.1. The molecule has 4 N–H and O–H groups in total. The number of nitrogens with zero attached hydrogens (tertiary/aromatic N) is 6. The first-order chi connectivity index (χ1) is 25.8. The minimum atomic E-state index is -5.31. The molecule has 4 aromatic rings. The first-order valence-corrected chi connectivity index (χ1v) is 17.9. The Balaban J connectivity index is 1.30. The van der Waals surface area contributed by atoms with Gasteiger partial charge in [0, 0.05) is 25.6 Å². The van der Waals surface area contributed by atoms with Crippen molar-refractivity contribution in [2.45, 2.75) is 81.8 Å². The Morgan fingerprint density at radius 2 is 1.81 bits per heavy atom. The Hall–Kier alpha value is -5.00. The fourth-order valence-corrected chi connectivity index (χ4v) is 6.89. The number of imidazole rings is 1. The van der Waals surface area contributed by atoms with Crippen LogP contribution in [0.5, 0.6) is 5.75 Å². The van der Waals surface area contributed by atoms with E-state index >= 15 is 0 Å². The van der Waals surface area contributed by atoms with E-state index in [0.29, 0.717) is 37.8 Å². The molecule has 1 saturated heterocycles. The Morgan fingerprint density at radius 1 is 1.07 bits per heavy atom. The second-order valence-electron chi connectivity index (χ2n) is 13.9. The van der Waals surface area contributed by atoms with Crippen LogP contribution in [-0.4, -0.2) is 117 Å². The third-order valence-corrected chi connectivity index (χ3v) is 9.92. The molecule has 1 saturated carbocycles. The summed E-state index contributed by atoms with van der Waals surface area (Å²) in [5.74, 6) is -1.60. The zero-order valence-electron chi connectivity index (χ0n) is 30.2. The van der Waals surface area contributed by atoms with Gasteiger partial charge in [0.15, 0.2) is 23.1 Å². The number of alkyl halides is 3.